The van der Waals surface area contributed by atoms with Gasteiger partial charge in [-0.3, -0.25) is 4.79 Å². The SMILES string of the molecule is CCOc1ccc2ccccc2c1[C@@H]1NC(=O)c2c(sc3c2CC[C@H](C(C)(C)C)C3)N1. The Kier molecular flexibility index (Phi) is 4.97. The van der Waals surface area contributed by atoms with E-state index in [0.717, 1.165) is 51.9 Å². The Balaban J connectivity index is 1.55. The van der Waals surface area contributed by atoms with Crippen LogP contribution in [0, 0.1) is 11.3 Å². The summed E-state index contributed by atoms with van der Waals surface area (Å²) in [5.74, 6) is 1.50. The molecule has 2 aliphatic rings. The first-order valence-corrected chi connectivity index (χ1v) is 12.0. The monoisotopic (exact) mass is 434 g/mol. The molecule has 0 unspecified atom stereocenters. The van der Waals surface area contributed by atoms with E-state index in [-0.39, 0.29) is 17.5 Å². The highest BCUT2D eigenvalue weighted by atomic mass is 32.1. The van der Waals surface area contributed by atoms with Crippen LogP contribution in [0.4, 0.5) is 5.00 Å². The van der Waals surface area contributed by atoms with E-state index in [1.165, 1.54) is 10.4 Å². The fourth-order valence-corrected chi connectivity index (χ4v) is 6.39. The van der Waals surface area contributed by atoms with Gasteiger partial charge in [-0.2, -0.15) is 0 Å². The second-order valence-electron chi connectivity index (χ2n) is 9.70. The molecule has 5 heteroatoms. The molecule has 2 heterocycles. The molecule has 2 atom stereocenters. The van der Waals surface area contributed by atoms with Gasteiger partial charge in [-0.25, -0.2) is 0 Å². The Hall–Kier alpha value is -2.53. The Morgan fingerprint density at radius 2 is 1.94 bits per heavy atom. The summed E-state index contributed by atoms with van der Waals surface area (Å²) in [7, 11) is 0. The van der Waals surface area contributed by atoms with E-state index in [1.807, 2.05) is 25.1 Å². The van der Waals surface area contributed by atoms with Gasteiger partial charge in [0.25, 0.3) is 5.91 Å². The smallest absolute Gasteiger partial charge is 0.256 e. The molecule has 2 N–H and O–H groups in total. The number of anilines is 1. The third-order valence-electron chi connectivity index (χ3n) is 6.79. The number of ether oxygens (including phenoxy) is 1. The van der Waals surface area contributed by atoms with Gasteiger partial charge in [-0.05, 0) is 59.9 Å². The highest BCUT2D eigenvalue weighted by Crippen LogP contribution is 2.47. The van der Waals surface area contributed by atoms with E-state index < -0.39 is 0 Å². The van der Waals surface area contributed by atoms with Gasteiger partial charge in [0.15, 0.2) is 0 Å². The summed E-state index contributed by atoms with van der Waals surface area (Å²) in [4.78, 5) is 14.7. The molecule has 1 aliphatic carbocycles. The predicted octanol–water partition coefficient (Wildman–Crippen LogP) is 6.31. The molecular formula is C26H30N2O2S. The number of carbonyl (C=O) groups excluding carboxylic acids is 1. The number of thiophene rings is 1. The topological polar surface area (TPSA) is 50.4 Å². The minimum atomic E-state index is -0.314. The molecule has 2 aromatic carbocycles. The molecule has 3 aromatic rings. The third kappa shape index (κ3) is 3.49. The second kappa shape index (κ2) is 7.56. The maximum atomic E-state index is 13.3. The molecule has 0 spiro atoms. The standard InChI is InChI=1S/C26H30N2O2S/c1-5-30-19-13-10-15-8-6-7-9-17(15)21(19)23-27-24(29)22-18-12-11-16(26(2,3)4)14-20(18)31-25(22)28-23/h6-10,13,16,23,28H,5,11-12,14H2,1-4H3,(H,27,29)/t16-,23+/m0/s1. The van der Waals surface area contributed by atoms with Crippen LogP contribution in [0.1, 0.15) is 66.6 Å². The van der Waals surface area contributed by atoms with E-state index in [2.05, 4.69) is 49.6 Å². The predicted molar refractivity (Wildman–Crippen MR) is 128 cm³/mol. The van der Waals surface area contributed by atoms with Crippen molar-refractivity contribution < 1.29 is 9.53 Å². The maximum Gasteiger partial charge on any atom is 0.256 e. The van der Waals surface area contributed by atoms with Crippen molar-refractivity contribution in [3.8, 4) is 5.75 Å². The summed E-state index contributed by atoms with van der Waals surface area (Å²) in [6, 6.07) is 12.4. The summed E-state index contributed by atoms with van der Waals surface area (Å²) in [6.07, 6.45) is 2.88. The fraction of sp³-hybridized carbons (Fsp3) is 0.423. The van der Waals surface area contributed by atoms with Crippen molar-refractivity contribution in [3.05, 3.63) is 58.0 Å². The first-order chi connectivity index (χ1) is 14.9. The highest BCUT2D eigenvalue weighted by molar-refractivity contribution is 7.16. The van der Waals surface area contributed by atoms with E-state index >= 15 is 0 Å². The molecule has 162 valence electrons. The molecule has 0 radical (unpaired) electrons. The van der Waals surface area contributed by atoms with Gasteiger partial charge in [0, 0.05) is 10.4 Å². The summed E-state index contributed by atoms with van der Waals surface area (Å²) >= 11 is 1.77. The zero-order valence-corrected chi connectivity index (χ0v) is 19.5. The molecule has 0 saturated carbocycles. The van der Waals surface area contributed by atoms with Gasteiger partial charge >= 0.3 is 0 Å². The molecule has 4 nitrogen and oxygen atoms in total. The summed E-state index contributed by atoms with van der Waals surface area (Å²) < 4.78 is 5.97. The van der Waals surface area contributed by atoms with Crippen LogP contribution in [0.3, 0.4) is 0 Å². The van der Waals surface area contributed by atoms with Crippen LogP contribution in [0.15, 0.2) is 36.4 Å². The lowest BCUT2D eigenvalue weighted by Crippen LogP contribution is -2.38. The van der Waals surface area contributed by atoms with Gasteiger partial charge in [-0.1, -0.05) is 51.1 Å². The third-order valence-corrected chi connectivity index (χ3v) is 7.97. The van der Waals surface area contributed by atoms with Crippen LogP contribution in [0.5, 0.6) is 5.75 Å². The van der Waals surface area contributed by atoms with Crippen molar-refractivity contribution in [2.24, 2.45) is 11.3 Å². The maximum absolute atomic E-state index is 13.3. The van der Waals surface area contributed by atoms with Crippen molar-refractivity contribution in [2.45, 2.75) is 53.1 Å². The van der Waals surface area contributed by atoms with Crippen LogP contribution in [0.25, 0.3) is 10.8 Å². The molecule has 31 heavy (non-hydrogen) atoms. The van der Waals surface area contributed by atoms with Gasteiger partial charge in [0.1, 0.15) is 16.9 Å². The van der Waals surface area contributed by atoms with Crippen LogP contribution >= 0.6 is 11.3 Å². The van der Waals surface area contributed by atoms with Crippen molar-refractivity contribution in [1.82, 2.24) is 5.32 Å². The zero-order valence-electron chi connectivity index (χ0n) is 18.7. The zero-order chi connectivity index (χ0) is 21.8. The average molecular weight is 435 g/mol. The molecule has 1 aliphatic heterocycles. The summed E-state index contributed by atoms with van der Waals surface area (Å²) in [5, 5.41) is 10.1. The Morgan fingerprint density at radius 1 is 1.13 bits per heavy atom. The normalized spacial score (nSPS) is 20.6. The lowest BCUT2D eigenvalue weighted by molar-refractivity contribution is 0.0934. The van der Waals surface area contributed by atoms with Crippen molar-refractivity contribution in [2.75, 3.05) is 11.9 Å². The van der Waals surface area contributed by atoms with Crippen molar-refractivity contribution in [1.29, 1.82) is 0 Å². The Bertz CT molecular complexity index is 1160. The van der Waals surface area contributed by atoms with Crippen molar-refractivity contribution in [3.63, 3.8) is 0 Å². The average Bonchev–Trinajstić information content (AvgIpc) is 3.11. The van der Waals surface area contributed by atoms with E-state index in [0.29, 0.717) is 12.5 Å². The number of amides is 1. The number of benzene rings is 2. The largest absolute Gasteiger partial charge is 0.493 e. The lowest BCUT2D eigenvalue weighted by atomic mass is 9.72. The van der Waals surface area contributed by atoms with Crippen LogP contribution in [0.2, 0.25) is 0 Å². The van der Waals surface area contributed by atoms with Crippen molar-refractivity contribution >= 4 is 33.0 Å². The number of rotatable bonds is 3. The molecule has 0 bridgehead atoms. The molecule has 1 amide bonds. The minimum Gasteiger partial charge on any atom is -0.493 e. The lowest BCUT2D eigenvalue weighted by Gasteiger charge is -2.34. The molecular weight excluding hydrogens is 404 g/mol. The fourth-order valence-electron chi connectivity index (χ4n) is 5.04. The number of hydrogen-bond donors (Lipinski definition) is 2. The van der Waals surface area contributed by atoms with E-state index in [4.69, 9.17) is 4.74 Å². The molecule has 0 fully saturated rings. The highest BCUT2D eigenvalue weighted by Gasteiger charge is 2.37. The van der Waals surface area contributed by atoms with Crippen LogP contribution in [-0.4, -0.2) is 12.5 Å². The van der Waals surface area contributed by atoms with E-state index in [9.17, 15) is 4.79 Å². The van der Waals surface area contributed by atoms with Gasteiger partial charge in [0.2, 0.25) is 0 Å². The number of hydrogen-bond acceptors (Lipinski definition) is 4. The number of nitrogens with one attached hydrogen (secondary N) is 2. The van der Waals surface area contributed by atoms with Gasteiger partial charge in [0.05, 0.1) is 12.2 Å². The Morgan fingerprint density at radius 3 is 2.71 bits per heavy atom. The van der Waals surface area contributed by atoms with Gasteiger partial charge < -0.3 is 15.4 Å². The first-order valence-electron chi connectivity index (χ1n) is 11.2. The summed E-state index contributed by atoms with van der Waals surface area (Å²) in [5.41, 5.74) is 3.40. The number of fused-ring (bicyclic) bond motifs is 4. The Labute approximate surface area is 188 Å². The number of carbonyl (C=O) groups is 1. The first kappa shape index (κ1) is 20.4. The molecule has 1 aromatic heterocycles. The minimum absolute atomic E-state index is 0.0286. The second-order valence-corrected chi connectivity index (χ2v) is 10.8. The van der Waals surface area contributed by atoms with Crippen LogP contribution in [-0.2, 0) is 12.8 Å². The quantitative estimate of drug-likeness (QED) is 0.508. The summed E-state index contributed by atoms with van der Waals surface area (Å²) in [6.45, 7) is 9.55. The van der Waals surface area contributed by atoms with Gasteiger partial charge in [-0.15, -0.1) is 11.3 Å². The van der Waals surface area contributed by atoms with E-state index in [1.54, 1.807) is 11.3 Å². The van der Waals surface area contributed by atoms with Crippen LogP contribution < -0.4 is 15.4 Å². The molecule has 5 rings (SSSR count). The molecule has 0 saturated heterocycles.